The van der Waals surface area contributed by atoms with Crippen LogP contribution in [0.1, 0.15) is 258 Å². The van der Waals surface area contributed by atoms with Crippen LogP contribution >= 0.6 is 0 Å². The number of carbonyl (C=O) groups excluding carboxylic acids is 3. The minimum Gasteiger partial charge on any atom is -0.462 e. The molecule has 0 aromatic carbocycles. The van der Waals surface area contributed by atoms with Gasteiger partial charge in [-0.05, 0) is 109 Å². The maximum absolute atomic E-state index is 12.9. The monoisotopic (exact) mass is 971 g/mol. The summed E-state index contributed by atoms with van der Waals surface area (Å²) in [6.45, 7) is 6.43. The van der Waals surface area contributed by atoms with Gasteiger partial charge in [0, 0.05) is 19.3 Å². The van der Waals surface area contributed by atoms with Crippen molar-refractivity contribution >= 4 is 17.9 Å². The molecular weight excluding hydrogens is 865 g/mol. The average molecular weight is 972 g/mol. The molecule has 0 fully saturated rings. The first kappa shape index (κ1) is 66.1. The van der Waals surface area contributed by atoms with E-state index in [1.54, 1.807) is 0 Å². The van der Waals surface area contributed by atoms with Gasteiger partial charge in [0.1, 0.15) is 13.2 Å². The highest BCUT2D eigenvalue weighted by Crippen LogP contribution is 2.14. The number of unbranched alkanes of at least 4 members (excludes halogenated alkanes) is 23. The summed E-state index contributed by atoms with van der Waals surface area (Å²) in [7, 11) is 0. The molecule has 0 N–H and O–H groups in total. The fourth-order valence-electron chi connectivity index (χ4n) is 7.69. The van der Waals surface area contributed by atoms with Gasteiger partial charge in [-0.2, -0.15) is 0 Å². The molecular formula is C64H106O6. The first-order chi connectivity index (χ1) is 34.5. The quantitative estimate of drug-likeness (QED) is 0.0199. The minimum atomic E-state index is -0.821. The Morgan fingerprint density at radius 1 is 0.314 bits per heavy atom. The van der Waals surface area contributed by atoms with Crippen LogP contribution in [0.25, 0.3) is 0 Å². The largest absolute Gasteiger partial charge is 0.462 e. The van der Waals surface area contributed by atoms with Crippen LogP contribution in [-0.2, 0) is 28.6 Å². The van der Waals surface area contributed by atoms with Gasteiger partial charge >= 0.3 is 17.9 Å². The standard InChI is InChI=1S/C64H106O6/c1-4-7-10-13-16-19-22-25-28-30-32-34-36-39-42-45-48-51-54-57-63(66)69-60-61(59-68-62(65)56-53-50-47-44-41-38-35-27-24-21-18-15-12-9-6-3)70-64(67)58-55-52-49-46-43-40-37-33-31-29-26-23-20-17-14-11-8-5-2/h7,10,16,19,21,24-25,28-29,31-34,37,39,42,48,51,61H,4-6,8-9,11-15,17-18,20,22-23,26-27,30,35-36,38,40-41,43-47,49-50,52-60H2,1-3H3/b10-7-,19-16-,24-21-,28-25-,31-29-,34-32-,37-33-,42-39-,51-48-. The lowest BCUT2D eigenvalue weighted by Gasteiger charge is -2.18. The Bertz CT molecular complexity index is 1440. The van der Waals surface area contributed by atoms with E-state index < -0.39 is 6.10 Å². The van der Waals surface area contributed by atoms with Gasteiger partial charge in [-0.25, -0.2) is 0 Å². The smallest absolute Gasteiger partial charge is 0.306 e. The van der Waals surface area contributed by atoms with Gasteiger partial charge in [-0.1, -0.05) is 239 Å². The molecule has 0 heterocycles. The summed E-state index contributed by atoms with van der Waals surface area (Å²) in [6, 6.07) is 0. The molecule has 70 heavy (non-hydrogen) atoms. The molecule has 1 atom stereocenters. The summed E-state index contributed by atoms with van der Waals surface area (Å²) in [5.74, 6) is -1.02. The van der Waals surface area contributed by atoms with Crippen molar-refractivity contribution in [2.45, 2.75) is 264 Å². The van der Waals surface area contributed by atoms with Crippen molar-refractivity contribution in [1.82, 2.24) is 0 Å². The lowest BCUT2D eigenvalue weighted by atomic mass is 10.1. The van der Waals surface area contributed by atoms with E-state index in [2.05, 4.69) is 124 Å². The zero-order chi connectivity index (χ0) is 50.7. The van der Waals surface area contributed by atoms with Crippen molar-refractivity contribution in [3.8, 4) is 0 Å². The van der Waals surface area contributed by atoms with Crippen molar-refractivity contribution in [2.24, 2.45) is 0 Å². The number of esters is 3. The molecule has 0 aliphatic carbocycles. The Morgan fingerprint density at radius 3 is 1.06 bits per heavy atom. The predicted octanol–water partition coefficient (Wildman–Crippen LogP) is 19.5. The van der Waals surface area contributed by atoms with Gasteiger partial charge in [0.25, 0.3) is 0 Å². The van der Waals surface area contributed by atoms with Gasteiger partial charge in [0.15, 0.2) is 6.10 Å². The van der Waals surface area contributed by atoms with E-state index in [0.717, 1.165) is 96.3 Å². The molecule has 0 saturated carbocycles. The molecule has 6 nitrogen and oxygen atoms in total. The van der Waals surface area contributed by atoms with E-state index in [1.165, 1.54) is 116 Å². The van der Waals surface area contributed by atoms with E-state index in [9.17, 15) is 14.4 Å². The van der Waals surface area contributed by atoms with Gasteiger partial charge in [0.05, 0.1) is 0 Å². The van der Waals surface area contributed by atoms with Crippen LogP contribution in [-0.4, -0.2) is 37.2 Å². The van der Waals surface area contributed by atoms with Crippen LogP contribution in [0.4, 0.5) is 0 Å². The molecule has 0 spiro atoms. The average Bonchev–Trinajstić information content (AvgIpc) is 3.36. The van der Waals surface area contributed by atoms with Crippen molar-refractivity contribution < 1.29 is 28.6 Å². The van der Waals surface area contributed by atoms with Crippen molar-refractivity contribution in [1.29, 1.82) is 0 Å². The van der Waals surface area contributed by atoms with Crippen LogP contribution in [0.5, 0.6) is 0 Å². The summed E-state index contributed by atoms with van der Waals surface area (Å²) in [5, 5.41) is 0. The van der Waals surface area contributed by atoms with Crippen LogP contribution in [0.2, 0.25) is 0 Å². The summed E-state index contributed by atoms with van der Waals surface area (Å²) in [6.07, 6.45) is 78.0. The fraction of sp³-hybridized carbons (Fsp3) is 0.672. The molecule has 0 radical (unpaired) electrons. The molecule has 1 unspecified atom stereocenters. The Labute approximate surface area is 431 Å². The lowest BCUT2D eigenvalue weighted by molar-refractivity contribution is -0.166. The van der Waals surface area contributed by atoms with Crippen LogP contribution in [0, 0.1) is 0 Å². The van der Waals surface area contributed by atoms with Gasteiger partial charge in [-0.15, -0.1) is 0 Å². The minimum absolute atomic E-state index is 0.111. The Hall–Kier alpha value is -3.93. The molecule has 0 aromatic rings. The van der Waals surface area contributed by atoms with Crippen molar-refractivity contribution in [3.05, 3.63) is 109 Å². The third kappa shape index (κ3) is 55.0. The maximum atomic E-state index is 12.9. The summed E-state index contributed by atoms with van der Waals surface area (Å²) < 4.78 is 16.8. The molecule has 0 aliphatic heterocycles. The molecule has 398 valence electrons. The number of ether oxygens (including phenoxy) is 3. The van der Waals surface area contributed by atoms with E-state index >= 15 is 0 Å². The first-order valence-corrected chi connectivity index (χ1v) is 28.9. The third-order valence-corrected chi connectivity index (χ3v) is 12.0. The van der Waals surface area contributed by atoms with E-state index in [4.69, 9.17) is 14.2 Å². The fourth-order valence-corrected chi connectivity index (χ4v) is 7.69. The number of rotatable bonds is 51. The number of carbonyl (C=O) groups is 3. The maximum Gasteiger partial charge on any atom is 0.306 e. The second-order valence-corrected chi connectivity index (χ2v) is 18.8. The second kappa shape index (κ2) is 57.6. The lowest BCUT2D eigenvalue weighted by Crippen LogP contribution is -2.30. The Morgan fingerprint density at radius 2 is 0.629 bits per heavy atom. The zero-order valence-corrected chi connectivity index (χ0v) is 45.5. The highest BCUT2D eigenvalue weighted by molar-refractivity contribution is 5.71. The topological polar surface area (TPSA) is 78.9 Å². The molecule has 0 amide bonds. The van der Waals surface area contributed by atoms with Crippen LogP contribution in [0.15, 0.2) is 109 Å². The normalized spacial score (nSPS) is 12.9. The third-order valence-electron chi connectivity index (χ3n) is 12.0. The van der Waals surface area contributed by atoms with E-state index in [-0.39, 0.29) is 37.5 Å². The first-order valence-electron chi connectivity index (χ1n) is 28.9. The molecule has 0 saturated heterocycles. The zero-order valence-electron chi connectivity index (χ0n) is 45.5. The van der Waals surface area contributed by atoms with Crippen molar-refractivity contribution in [3.63, 3.8) is 0 Å². The molecule has 0 rings (SSSR count). The SMILES string of the molecule is CC/C=C\C/C=C\C/C=C\C/C=C\C/C=C\C/C=C\CCC(=O)OCC(COC(=O)CCCCCCCCC/C=C\CCCCCC)OC(=O)CCCCCCC/C=C\C=C/CCCCCCCCC. The number of allylic oxidation sites excluding steroid dienone is 18. The second-order valence-electron chi connectivity index (χ2n) is 18.8. The van der Waals surface area contributed by atoms with E-state index in [1.807, 2.05) is 6.08 Å². The van der Waals surface area contributed by atoms with Crippen molar-refractivity contribution in [2.75, 3.05) is 13.2 Å². The highest BCUT2D eigenvalue weighted by Gasteiger charge is 2.19. The predicted molar refractivity (Wildman–Crippen MR) is 302 cm³/mol. The summed E-state index contributed by atoms with van der Waals surface area (Å²) in [5.41, 5.74) is 0. The molecule has 6 heteroatoms. The van der Waals surface area contributed by atoms with Gasteiger partial charge < -0.3 is 14.2 Å². The highest BCUT2D eigenvalue weighted by atomic mass is 16.6. The van der Waals surface area contributed by atoms with Gasteiger partial charge in [0.2, 0.25) is 0 Å². The Kier molecular flexibility index (Phi) is 54.4. The summed E-state index contributed by atoms with van der Waals surface area (Å²) >= 11 is 0. The molecule has 0 aliphatic rings. The van der Waals surface area contributed by atoms with Crippen LogP contribution < -0.4 is 0 Å². The summed E-state index contributed by atoms with van der Waals surface area (Å²) in [4.78, 5) is 38.1. The van der Waals surface area contributed by atoms with E-state index in [0.29, 0.717) is 19.3 Å². The van der Waals surface area contributed by atoms with Gasteiger partial charge in [-0.3, -0.25) is 14.4 Å². The Balaban J connectivity index is 4.54. The molecule has 0 aromatic heterocycles. The number of hydrogen-bond acceptors (Lipinski definition) is 6. The number of hydrogen-bond donors (Lipinski definition) is 0. The van der Waals surface area contributed by atoms with Crippen LogP contribution in [0.3, 0.4) is 0 Å². The molecule has 0 bridgehead atoms.